The Balaban J connectivity index is 2.67. The number of nitrogens with zero attached hydrogens (tertiary/aromatic N) is 3. The first-order valence-electron chi connectivity index (χ1n) is 4.60. The highest BCUT2D eigenvalue weighted by atomic mass is 79.9. The molecule has 0 saturated heterocycles. The summed E-state index contributed by atoms with van der Waals surface area (Å²) in [5, 5.41) is 10.9. The predicted molar refractivity (Wildman–Crippen MR) is 66.2 cm³/mol. The first-order valence-corrected chi connectivity index (χ1v) is 5.39. The molecule has 0 fully saturated rings. The molecule has 7 heteroatoms. The molecule has 1 aromatic carbocycles. The van der Waals surface area contributed by atoms with Crippen molar-refractivity contribution >= 4 is 27.4 Å². The molecule has 1 heterocycles. The van der Waals surface area contributed by atoms with Gasteiger partial charge >= 0.3 is 5.69 Å². The Kier molecular flexibility index (Phi) is 3.01. The van der Waals surface area contributed by atoms with E-state index in [1.807, 2.05) is 6.07 Å². The van der Waals surface area contributed by atoms with Crippen molar-refractivity contribution in [2.75, 3.05) is 5.73 Å². The van der Waals surface area contributed by atoms with Gasteiger partial charge in [-0.05, 0) is 12.1 Å². The highest BCUT2D eigenvalue weighted by Gasteiger charge is 2.21. The molecule has 1 aromatic heterocycles. The molecule has 6 nitrogen and oxygen atoms in total. The van der Waals surface area contributed by atoms with Crippen LogP contribution in [0.5, 0.6) is 0 Å². The fourth-order valence-corrected chi connectivity index (χ4v) is 1.82. The lowest BCUT2D eigenvalue weighted by atomic mass is 10.1. The SMILES string of the molecule is Nc1ncnc(-c2cccc(Br)c2)c1[N+](=O)[O-]. The molecule has 0 unspecified atom stereocenters. The summed E-state index contributed by atoms with van der Waals surface area (Å²) in [7, 11) is 0. The Morgan fingerprint density at radius 2 is 2.12 bits per heavy atom. The van der Waals surface area contributed by atoms with Crippen LogP contribution < -0.4 is 5.73 Å². The van der Waals surface area contributed by atoms with E-state index in [9.17, 15) is 10.1 Å². The number of nitrogens with two attached hydrogens (primary N) is 1. The summed E-state index contributed by atoms with van der Waals surface area (Å²) < 4.78 is 0.807. The van der Waals surface area contributed by atoms with E-state index in [2.05, 4.69) is 25.9 Å². The fourth-order valence-electron chi connectivity index (χ4n) is 1.42. The monoisotopic (exact) mass is 294 g/mol. The average molecular weight is 295 g/mol. The van der Waals surface area contributed by atoms with Crippen molar-refractivity contribution in [1.29, 1.82) is 0 Å². The van der Waals surface area contributed by atoms with Crippen molar-refractivity contribution in [2.45, 2.75) is 0 Å². The number of hydrogen-bond acceptors (Lipinski definition) is 5. The quantitative estimate of drug-likeness (QED) is 0.678. The molecule has 0 saturated carbocycles. The van der Waals surface area contributed by atoms with Crippen LogP contribution in [0.1, 0.15) is 0 Å². The van der Waals surface area contributed by atoms with Crippen LogP contribution in [0.3, 0.4) is 0 Å². The van der Waals surface area contributed by atoms with Gasteiger partial charge in [0.05, 0.1) is 4.92 Å². The van der Waals surface area contributed by atoms with Crippen molar-refractivity contribution in [3.63, 3.8) is 0 Å². The van der Waals surface area contributed by atoms with Gasteiger partial charge in [-0.15, -0.1) is 0 Å². The van der Waals surface area contributed by atoms with Gasteiger partial charge in [-0.1, -0.05) is 28.1 Å². The van der Waals surface area contributed by atoms with Crippen molar-refractivity contribution in [3.8, 4) is 11.3 Å². The number of halogens is 1. The normalized spacial score (nSPS) is 10.2. The Bertz CT molecular complexity index is 588. The minimum absolute atomic E-state index is 0.139. The Morgan fingerprint density at radius 1 is 1.35 bits per heavy atom. The smallest absolute Gasteiger partial charge is 0.337 e. The first-order chi connectivity index (χ1) is 8.09. The Morgan fingerprint density at radius 3 is 2.76 bits per heavy atom. The Hall–Kier alpha value is -2.02. The summed E-state index contributed by atoms with van der Waals surface area (Å²) in [6.45, 7) is 0. The molecule has 0 bridgehead atoms. The van der Waals surface area contributed by atoms with Gasteiger partial charge in [0.2, 0.25) is 5.82 Å². The van der Waals surface area contributed by atoms with Crippen LogP contribution in [-0.2, 0) is 0 Å². The van der Waals surface area contributed by atoms with Crippen molar-refractivity contribution in [2.24, 2.45) is 0 Å². The van der Waals surface area contributed by atoms with Crippen molar-refractivity contribution < 1.29 is 4.92 Å². The molecular weight excluding hydrogens is 288 g/mol. The van der Waals surface area contributed by atoms with E-state index in [0.29, 0.717) is 5.56 Å². The molecule has 86 valence electrons. The van der Waals surface area contributed by atoms with Gasteiger partial charge in [0.15, 0.2) is 5.69 Å². The minimum Gasteiger partial charge on any atom is -0.378 e. The van der Waals surface area contributed by atoms with Gasteiger partial charge in [0.1, 0.15) is 6.33 Å². The maximum atomic E-state index is 10.9. The van der Waals surface area contributed by atoms with Crippen LogP contribution in [0, 0.1) is 10.1 Å². The molecule has 0 aliphatic carbocycles. The van der Waals surface area contributed by atoms with Gasteiger partial charge in [-0.25, -0.2) is 9.97 Å². The zero-order valence-electron chi connectivity index (χ0n) is 8.50. The third-order valence-corrected chi connectivity index (χ3v) is 2.62. The maximum absolute atomic E-state index is 10.9. The summed E-state index contributed by atoms with van der Waals surface area (Å²) >= 11 is 3.30. The second-order valence-electron chi connectivity index (χ2n) is 3.22. The number of nitrogen functional groups attached to an aromatic ring is 1. The van der Waals surface area contributed by atoms with Gasteiger partial charge in [-0.3, -0.25) is 10.1 Å². The lowest BCUT2D eigenvalue weighted by molar-refractivity contribution is -0.383. The van der Waals surface area contributed by atoms with Crippen LogP contribution in [-0.4, -0.2) is 14.9 Å². The molecule has 0 atom stereocenters. The number of aromatic nitrogens is 2. The third kappa shape index (κ3) is 2.23. The van der Waals surface area contributed by atoms with E-state index in [1.54, 1.807) is 18.2 Å². The zero-order valence-corrected chi connectivity index (χ0v) is 10.1. The van der Waals surface area contributed by atoms with Crippen LogP contribution in [0.2, 0.25) is 0 Å². The van der Waals surface area contributed by atoms with Crippen LogP contribution in [0.25, 0.3) is 11.3 Å². The lowest BCUT2D eigenvalue weighted by Crippen LogP contribution is -2.02. The summed E-state index contributed by atoms with van der Waals surface area (Å²) in [4.78, 5) is 17.9. The van der Waals surface area contributed by atoms with Crippen LogP contribution in [0.15, 0.2) is 35.1 Å². The molecule has 2 rings (SSSR count). The van der Waals surface area contributed by atoms with Crippen LogP contribution >= 0.6 is 15.9 Å². The topological polar surface area (TPSA) is 94.9 Å². The second kappa shape index (κ2) is 4.46. The highest BCUT2D eigenvalue weighted by molar-refractivity contribution is 9.10. The fraction of sp³-hybridized carbons (Fsp3) is 0. The number of rotatable bonds is 2. The largest absolute Gasteiger partial charge is 0.378 e. The third-order valence-electron chi connectivity index (χ3n) is 2.13. The van der Waals surface area contributed by atoms with E-state index >= 15 is 0 Å². The van der Waals surface area contributed by atoms with Crippen molar-refractivity contribution in [3.05, 3.63) is 45.2 Å². The molecule has 0 amide bonds. The standard InChI is InChI=1S/C10H7BrN4O2/c11-7-3-1-2-6(4-7)8-9(15(16)17)10(12)14-5-13-8/h1-5H,(H2,12,13,14). The van der Waals surface area contributed by atoms with E-state index in [4.69, 9.17) is 5.73 Å². The molecule has 17 heavy (non-hydrogen) atoms. The molecule has 0 aliphatic heterocycles. The van der Waals surface area contributed by atoms with Gasteiger partial charge in [-0.2, -0.15) is 0 Å². The number of hydrogen-bond donors (Lipinski definition) is 1. The van der Waals surface area contributed by atoms with Gasteiger partial charge in [0, 0.05) is 10.0 Å². The number of nitro groups is 1. The van der Waals surface area contributed by atoms with E-state index in [1.165, 1.54) is 6.33 Å². The summed E-state index contributed by atoms with van der Waals surface area (Å²) in [5.74, 6) is -0.139. The maximum Gasteiger partial charge on any atom is 0.337 e. The average Bonchev–Trinajstić information content (AvgIpc) is 2.28. The summed E-state index contributed by atoms with van der Waals surface area (Å²) in [6.07, 6.45) is 1.21. The molecule has 0 radical (unpaired) electrons. The molecular formula is C10H7BrN4O2. The Labute approximate surface area is 105 Å². The lowest BCUT2D eigenvalue weighted by Gasteiger charge is -2.03. The highest BCUT2D eigenvalue weighted by Crippen LogP contribution is 2.31. The minimum atomic E-state index is -0.578. The van der Waals surface area contributed by atoms with E-state index in [0.717, 1.165) is 4.47 Å². The number of benzene rings is 1. The predicted octanol–water partition coefficient (Wildman–Crippen LogP) is 2.40. The summed E-state index contributed by atoms with van der Waals surface area (Å²) in [5.41, 5.74) is 6.04. The first kappa shape index (κ1) is 11.5. The van der Waals surface area contributed by atoms with E-state index in [-0.39, 0.29) is 17.2 Å². The van der Waals surface area contributed by atoms with E-state index < -0.39 is 4.92 Å². The molecule has 0 aliphatic rings. The zero-order chi connectivity index (χ0) is 12.4. The number of anilines is 1. The van der Waals surface area contributed by atoms with Crippen LogP contribution in [0.4, 0.5) is 11.5 Å². The van der Waals surface area contributed by atoms with Gasteiger partial charge in [0.25, 0.3) is 0 Å². The van der Waals surface area contributed by atoms with Gasteiger partial charge < -0.3 is 5.73 Å². The van der Waals surface area contributed by atoms with Crippen molar-refractivity contribution in [1.82, 2.24) is 9.97 Å². The molecule has 0 spiro atoms. The second-order valence-corrected chi connectivity index (χ2v) is 4.14. The summed E-state index contributed by atoms with van der Waals surface area (Å²) in [6, 6.07) is 7.04. The molecule has 2 aromatic rings. The molecule has 2 N–H and O–H groups in total.